The largest absolute Gasteiger partial charge is 0.417 e. The van der Waals surface area contributed by atoms with Gasteiger partial charge in [0.25, 0.3) is 5.91 Å². The number of carbonyl (C=O) groups is 1. The summed E-state index contributed by atoms with van der Waals surface area (Å²) in [6.45, 7) is 0.104. The van der Waals surface area contributed by atoms with E-state index in [2.05, 4.69) is 4.98 Å². The number of aromatic amines is 1. The summed E-state index contributed by atoms with van der Waals surface area (Å²) in [6.07, 6.45) is -4.01. The molecule has 122 valence electrons. The molecule has 0 bridgehead atoms. The van der Waals surface area contributed by atoms with Crippen LogP contribution in [0, 0.1) is 0 Å². The van der Waals surface area contributed by atoms with Gasteiger partial charge >= 0.3 is 6.18 Å². The van der Waals surface area contributed by atoms with E-state index < -0.39 is 28.8 Å². The minimum atomic E-state index is -4.79. The van der Waals surface area contributed by atoms with Crippen molar-refractivity contribution in [3.63, 3.8) is 0 Å². The second-order valence-corrected chi connectivity index (χ2v) is 5.35. The van der Waals surface area contributed by atoms with Gasteiger partial charge < -0.3 is 9.88 Å². The van der Waals surface area contributed by atoms with Crippen LogP contribution >= 0.6 is 11.6 Å². The summed E-state index contributed by atoms with van der Waals surface area (Å²) in [5.74, 6) is -0.844. The quantitative estimate of drug-likeness (QED) is 0.928. The first-order chi connectivity index (χ1) is 10.7. The second kappa shape index (κ2) is 6.45. The summed E-state index contributed by atoms with van der Waals surface area (Å²) in [5, 5.41) is 0.516. The summed E-state index contributed by atoms with van der Waals surface area (Å²) in [4.78, 5) is 26.6. The third-order valence-corrected chi connectivity index (χ3v) is 3.39. The van der Waals surface area contributed by atoms with Gasteiger partial charge in [0.1, 0.15) is 0 Å². The van der Waals surface area contributed by atoms with Crippen LogP contribution in [-0.4, -0.2) is 22.8 Å². The van der Waals surface area contributed by atoms with Crippen molar-refractivity contribution in [1.29, 1.82) is 0 Å². The van der Waals surface area contributed by atoms with E-state index in [0.29, 0.717) is 16.7 Å². The van der Waals surface area contributed by atoms with Gasteiger partial charge in [-0.1, -0.05) is 23.7 Å². The van der Waals surface area contributed by atoms with Gasteiger partial charge in [-0.05, 0) is 17.7 Å². The molecule has 0 saturated carbocycles. The number of pyridine rings is 1. The van der Waals surface area contributed by atoms with Gasteiger partial charge in [-0.3, -0.25) is 9.59 Å². The number of benzene rings is 1. The van der Waals surface area contributed by atoms with Gasteiger partial charge in [0, 0.05) is 30.9 Å². The Balaban J connectivity index is 2.29. The first kappa shape index (κ1) is 17.1. The third-order valence-electron chi connectivity index (χ3n) is 3.14. The molecular weight excluding hydrogens is 333 g/mol. The van der Waals surface area contributed by atoms with Crippen LogP contribution in [0.15, 0.2) is 41.3 Å². The second-order valence-electron chi connectivity index (χ2n) is 4.91. The predicted octanol–water partition coefficient (Wildman–Crippen LogP) is 3.32. The van der Waals surface area contributed by atoms with E-state index in [-0.39, 0.29) is 6.54 Å². The molecule has 4 nitrogen and oxygen atoms in total. The van der Waals surface area contributed by atoms with Crippen molar-refractivity contribution in [3.05, 3.63) is 68.6 Å². The first-order valence-electron chi connectivity index (χ1n) is 6.48. The fourth-order valence-corrected chi connectivity index (χ4v) is 2.15. The van der Waals surface area contributed by atoms with Crippen LogP contribution in [0.4, 0.5) is 13.2 Å². The topological polar surface area (TPSA) is 53.2 Å². The lowest BCUT2D eigenvalue weighted by Gasteiger charge is -2.19. The zero-order valence-electron chi connectivity index (χ0n) is 11.9. The Morgan fingerprint density at radius 2 is 1.87 bits per heavy atom. The fourth-order valence-electron chi connectivity index (χ4n) is 2.02. The maximum Gasteiger partial charge on any atom is 0.417 e. The van der Waals surface area contributed by atoms with Gasteiger partial charge in [0.2, 0.25) is 5.56 Å². The Hall–Kier alpha value is -2.28. The Bertz CT molecular complexity index is 770. The maximum atomic E-state index is 13.0. The average molecular weight is 345 g/mol. The molecular formula is C15H12ClF3N2O2. The number of aromatic nitrogens is 1. The Labute approximate surface area is 134 Å². The number of amides is 1. The average Bonchev–Trinajstić information content (AvgIpc) is 2.48. The number of rotatable bonds is 3. The van der Waals surface area contributed by atoms with Crippen LogP contribution in [-0.2, 0) is 12.7 Å². The SMILES string of the molecule is CN(Cc1ccc(Cl)cc1)C(=O)c1c[nH]c(=O)cc1C(F)(F)F. The van der Waals surface area contributed by atoms with E-state index in [1.165, 1.54) is 7.05 Å². The molecule has 0 saturated heterocycles. The maximum absolute atomic E-state index is 13.0. The molecule has 2 rings (SSSR count). The number of hydrogen-bond donors (Lipinski definition) is 1. The number of nitrogens with one attached hydrogen (secondary N) is 1. The van der Waals surface area contributed by atoms with Crippen LogP contribution in [0.1, 0.15) is 21.5 Å². The molecule has 23 heavy (non-hydrogen) atoms. The lowest BCUT2D eigenvalue weighted by atomic mass is 10.1. The van der Waals surface area contributed by atoms with Crippen molar-refractivity contribution in [2.24, 2.45) is 0 Å². The van der Waals surface area contributed by atoms with E-state index in [1.54, 1.807) is 24.3 Å². The Morgan fingerprint density at radius 1 is 1.26 bits per heavy atom. The highest BCUT2D eigenvalue weighted by atomic mass is 35.5. The van der Waals surface area contributed by atoms with Crippen LogP contribution in [0.3, 0.4) is 0 Å². The molecule has 1 aromatic carbocycles. The highest BCUT2D eigenvalue weighted by Crippen LogP contribution is 2.31. The molecule has 0 spiro atoms. The summed E-state index contributed by atoms with van der Waals surface area (Å²) in [5.41, 5.74) is -2.07. The molecule has 0 unspecified atom stereocenters. The van der Waals surface area contributed by atoms with Gasteiger partial charge in [0.05, 0.1) is 11.1 Å². The number of alkyl halides is 3. The van der Waals surface area contributed by atoms with Crippen LogP contribution in [0.25, 0.3) is 0 Å². The Kier molecular flexibility index (Phi) is 4.79. The zero-order chi connectivity index (χ0) is 17.2. The van der Waals surface area contributed by atoms with Crippen LogP contribution in [0.5, 0.6) is 0 Å². The lowest BCUT2D eigenvalue weighted by molar-refractivity contribution is -0.138. The van der Waals surface area contributed by atoms with E-state index in [1.807, 2.05) is 0 Å². The van der Waals surface area contributed by atoms with Crippen molar-refractivity contribution in [3.8, 4) is 0 Å². The number of carbonyl (C=O) groups excluding carboxylic acids is 1. The number of H-pyrrole nitrogens is 1. The summed E-state index contributed by atoms with van der Waals surface area (Å²) < 4.78 is 39.0. The van der Waals surface area contributed by atoms with Gasteiger partial charge in [-0.15, -0.1) is 0 Å². The highest BCUT2D eigenvalue weighted by Gasteiger charge is 2.36. The Morgan fingerprint density at radius 3 is 2.43 bits per heavy atom. The van der Waals surface area contributed by atoms with Gasteiger partial charge in [0.15, 0.2) is 0 Å². The van der Waals surface area contributed by atoms with Gasteiger partial charge in [-0.2, -0.15) is 13.2 Å². The molecule has 1 amide bonds. The molecule has 1 N–H and O–H groups in total. The van der Waals surface area contributed by atoms with Crippen molar-refractivity contribution in [1.82, 2.24) is 9.88 Å². The molecule has 0 aliphatic rings. The molecule has 0 radical (unpaired) electrons. The highest BCUT2D eigenvalue weighted by molar-refractivity contribution is 6.30. The molecule has 0 fully saturated rings. The van der Waals surface area contributed by atoms with Crippen molar-refractivity contribution in [2.45, 2.75) is 12.7 Å². The molecule has 2 aromatic rings. The molecule has 1 aromatic heterocycles. The fraction of sp³-hybridized carbons (Fsp3) is 0.200. The molecule has 8 heteroatoms. The standard InChI is InChI=1S/C15H12ClF3N2O2/c1-21(8-9-2-4-10(16)5-3-9)14(23)11-7-20-13(22)6-12(11)15(17,18)19/h2-7H,8H2,1H3,(H,20,22). The minimum Gasteiger partial charge on any atom is -0.337 e. The lowest BCUT2D eigenvalue weighted by Crippen LogP contribution is -2.30. The monoisotopic (exact) mass is 344 g/mol. The summed E-state index contributed by atoms with van der Waals surface area (Å²) in [6, 6.07) is 6.96. The molecule has 0 aliphatic carbocycles. The number of nitrogens with zero attached hydrogens (tertiary/aromatic N) is 1. The van der Waals surface area contributed by atoms with Crippen LogP contribution in [0.2, 0.25) is 5.02 Å². The predicted molar refractivity (Wildman–Crippen MR) is 79.3 cm³/mol. The molecule has 0 atom stereocenters. The number of halogens is 4. The van der Waals surface area contributed by atoms with Crippen molar-refractivity contribution >= 4 is 17.5 Å². The summed E-state index contributed by atoms with van der Waals surface area (Å²) in [7, 11) is 1.38. The van der Waals surface area contributed by atoms with E-state index in [4.69, 9.17) is 11.6 Å². The normalized spacial score (nSPS) is 11.3. The van der Waals surface area contributed by atoms with Crippen molar-refractivity contribution in [2.75, 3.05) is 7.05 Å². The van der Waals surface area contributed by atoms with E-state index in [0.717, 1.165) is 11.1 Å². The molecule has 0 aliphatic heterocycles. The first-order valence-corrected chi connectivity index (χ1v) is 6.86. The zero-order valence-corrected chi connectivity index (χ0v) is 12.7. The third kappa shape index (κ3) is 4.13. The minimum absolute atomic E-state index is 0.104. The molecule has 1 heterocycles. The smallest absolute Gasteiger partial charge is 0.337 e. The van der Waals surface area contributed by atoms with E-state index in [9.17, 15) is 22.8 Å². The van der Waals surface area contributed by atoms with Crippen LogP contribution < -0.4 is 5.56 Å². The van der Waals surface area contributed by atoms with Crippen molar-refractivity contribution < 1.29 is 18.0 Å². The van der Waals surface area contributed by atoms with E-state index >= 15 is 0 Å². The summed E-state index contributed by atoms with van der Waals surface area (Å²) >= 11 is 5.75. The van der Waals surface area contributed by atoms with Gasteiger partial charge in [-0.25, -0.2) is 0 Å². The number of hydrogen-bond acceptors (Lipinski definition) is 2.